The van der Waals surface area contributed by atoms with Crippen LogP contribution in [-0.2, 0) is 6.42 Å². The number of hydrogen-bond donors (Lipinski definition) is 0. The maximum absolute atomic E-state index is 6.13. The van der Waals surface area contributed by atoms with Crippen LogP contribution in [-0.4, -0.2) is 29.0 Å². The molecule has 0 radical (unpaired) electrons. The lowest BCUT2D eigenvalue weighted by Crippen LogP contribution is -2.28. The van der Waals surface area contributed by atoms with Crippen molar-refractivity contribution in [3.63, 3.8) is 0 Å². The van der Waals surface area contributed by atoms with E-state index in [0.717, 1.165) is 46.6 Å². The van der Waals surface area contributed by atoms with E-state index in [1.54, 1.807) is 6.20 Å². The summed E-state index contributed by atoms with van der Waals surface area (Å²) < 4.78 is 12.1. The lowest BCUT2D eigenvalue weighted by Gasteiger charge is -2.19. The SMILES string of the molecule is C[C@@H]1CCCN1CCc1cc2ccc(-c3cnc(-c4ccccc4)o3)cc2o1. The first-order valence-electron chi connectivity index (χ1n) is 10.0. The van der Waals surface area contributed by atoms with Crippen LogP contribution in [0.4, 0.5) is 0 Å². The molecule has 5 rings (SSSR count). The van der Waals surface area contributed by atoms with E-state index in [-0.39, 0.29) is 0 Å². The third-order valence-corrected chi connectivity index (χ3v) is 5.72. The highest BCUT2D eigenvalue weighted by atomic mass is 16.4. The lowest BCUT2D eigenvalue weighted by molar-refractivity contribution is 0.266. The van der Waals surface area contributed by atoms with Gasteiger partial charge in [0, 0.05) is 35.5 Å². The van der Waals surface area contributed by atoms with E-state index in [4.69, 9.17) is 8.83 Å². The number of oxazole rings is 1. The van der Waals surface area contributed by atoms with Gasteiger partial charge in [0.05, 0.1) is 6.20 Å². The highest BCUT2D eigenvalue weighted by molar-refractivity contribution is 5.82. The third kappa shape index (κ3) is 3.36. The Labute approximate surface area is 164 Å². The quantitative estimate of drug-likeness (QED) is 0.445. The van der Waals surface area contributed by atoms with E-state index in [2.05, 4.69) is 35.0 Å². The fraction of sp³-hybridized carbons (Fsp3) is 0.292. The van der Waals surface area contributed by atoms with E-state index in [9.17, 15) is 0 Å². The van der Waals surface area contributed by atoms with Gasteiger partial charge in [0.15, 0.2) is 5.76 Å². The minimum Gasteiger partial charge on any atom is -0.461 e. The molecule has 0 aliphatic carbocycles. The van der Waals surface area contributed by atoms with Gasteiger partial charge in [0.25, 0.3) is 0 Å². The van der Waals surface area contributed by atoms with Crippen LogP contribution in [0.5, 0.6) is 0 Å². The average Bonchev–Trinajstić information content (AvgIpc) is 3.46. The molecule has 0 bridgehead atoms. The number of nitrogens with zero attached hydrogens (tertiary/aromatic N) is 2. The molecule has 0 amide bonds. The highest BCUT2D eigenvalue weighted by Crippen LogP contribution is 2.30. The van der Waals surface area contributed by atoms with Crippen molar-refractivity contribution in [1.82, 2.24) is 9.88 Å². The van der Waals surface area contributed by atoms with E-state index in [1.807, 2.05) is 36.4 Å². The predicted octanol–water partition coefficient (Wildman–Crippen LogP) is 5.78. The molecule has 4 aromatic rings. The molecule has 4 heteroatoms. The predicted molar refractivity (Wildman–Crippen MR) is 111 cm³/mol. The molecule has 142 valence electrons. The monoisotopic (exact) mass is 372 g/mol. The van der Waals surface area contributed by atoms with Gasteiger partial charge in [-0.2, -0.15) is 0 Å². The van der Waals surface area contributed by atoms with Crippen LogP contribution in [0.3, 0.4) is 0 Å². The summed E-state index contributed by atoms with van der Waals surface area (Å²) in [4.78, 5) is 6.98. The van der Waals surface area contributed by atoms with Gasteiger partial charge in [-0.3, -0.25) is 0 Å². The summed E-state index contributed by atoms with van der Waals surface area (Å²) in [6.45, 7) is 4.59. The Balaban J connectivity index is 1.36. The number of rotatable bonds is 5. The molecule has 1 atom stereocenters. The summed E-state index contributed by atoms with van der Waals surface area (Å²) in [7, 11) is 0. The Morgan fingerprint density at radius 1 is 1.04 bits per heavy atom. The molecular formula is C24H24N2O2. The number of hydrogen-bond acceptors (Lipinski definition) is 4. The standard InChI is InChI=1S/C24H24N2O2/c1-17-6-5-12-26(17)13-11-21-14-19-9-10-20(15-22(19)27-21)23-16-25-24(28-23)18-7-3-2-4-8-18/h2-4,7-10,14-17H,5-6,11-13H2,1H3/t17-/m1/s1. The number of benzene rings is 2. The fourth-order valence-corrected chi connectivity index (χ4v) is 4.06. The van der Waals surface area contributed by atoms with Crippen molar-refractivity contribution in [2.75, 3.05) is 13.1 Å². The van der Waals surface area contributed by atoms with E-state index >= 15 is 0 Å². The zero-order valence-electron chi connectivity index (χ0n) is 16.1. The van der Waals surface area contributed by atoms with E-state index < -0.39 is 0 Å². The maximum Gasteiger partial charge on any atom is 0.226 e. The van der Waals surface area contributed by atoms with Crippen LogP contribution < -0.4 is 0 Å². The Hall–Kier alpha value is -2.85. The molecule has 0 unspecified atom stereocenters. The first kappa shape index (κ1) is 17.3. The molecule has 2 aromatic heterocycles. The molecule has 28 heavy (non-hydrogen) atoms. The van der Waals surface area contributed by atoms with Crippen molar-refractivity contribution in [3.8, 4) is 22.8 Å². The second-order valence-corrected chi connectivity index (χ2v) is 7.64. The van der Waals surface area contributed by atoms with Crippen LogP contribution in [0.15, 0.2) is 69.6 Å². The Kier molecular flexibility index (Phi) is 4.49. The third-order valence-electron chi connectivity index (χ3n) is 5.72. The van der Waals surface area contributed by atoms with Crippen molar-refractivity contribution in [3.05, 3.63) is 66.6 Å². The Morgan fingerprint density at radius 2 is 1.93 bits per heavy atom. The van der Waals surface area contributed by atoms with Crippen molar-refractivity contribution in [2.24, 2.45) is 0 Å². The second-order valence-electron chi connectivity index (χ2n) is 7.64. The number of fused-ring (bicyclic) bond motifs is 1. The number of aromatic nitrogens is 1. The number of likely N-dealkylation sites (tertiary alicyclic amines) is 1. The molecule has 1 fully saturated rings. The van der Waals surface area contributed by atoms with Crippen molar-refractivity contribution >= 4 is 11.0 Å². The van der Waals surface area contributed by atoms with Crippen molar-refractivity contribution < 1.29 is 8.83 Å². The van der Waals surface area contributed by atoms with Crippen molar-refractivity contribution in [1.29, 1.82) is 0 Å². The van der Waals surface area contributed by atoms with Gasteiger partial charge >= 0.3 is 0 Å². The average molecular weight is 372 g/mol. The Morgan fingerprint density at radius 3 is 2.75 bits per heavy atom. The van der Waals surface area contributed by atoms with E-state index in [0.29, 0.717) is 11.9 Å². The number of furan rings is 1. The summed E-state index contributed by atoms with van der Waals surface area (Å²) >= 11 is 0. The lowest BCUT2D eigenvalue weighted by atomic mass is 10.1. The molecule has 2 aromatic carbocycles. The van der Waals surface area contributed by atoms with Gasteiger partial charge in [-0.15, -0.1) is 0 Å². The fourth-order valence-electron chi connectivity index (χ4n) is 4.06. The van der Waals surface area contributed by atoms with Gasteiger partial charge in [-0.25, -0.2) is 4.98 Å². The smallest absolute Gasteiger partial charge is 0.226 e. The highest BCUT2D eigenvalue weighted by Gasteiger charge is 2.20. The summed E-state index contributed by atoms with van der Waals surface area (Å²) in [5.74, 6) is 2.44. The van der Waals surface area contributed by atoms with E-state index in [1.165, 1.54) is 19.4 Å². The second kappa shape index (κ2) is 7.28. The van der Waals surface area contributed by atoms with Crippen LogP contribution in [0, 0.1) is 0 Å². The molecule has 3 heterocycles. The summed E-state index contributed by atoms with van der Waals surface area (Å²) in [6, 6.07) is 19.0. The molecule has 1 saturated heterocycles. The molecule has 0 saturated carbocycles. The van der Waals surface area contributed by atoms with Crippen LogP contribution in [0.1, 0.15) is 25.5 Å². The molecule has 1 aliphatic heterocycles. The van der Waals surface area contributed by atoms with Gasteiger partial charge in [-0.1, -0.05) is 30.3 Å². The minimum absolute atomic E-state index is 0.635. The molecular weight excluding hydrogens is 348 g/mol. The maximum atomic E-state index is 6.13. The van der Waals surface area contributed by atoms with Crippen LogP contribution in [0.2, 0.25) is 0 Å². The summed E-state index contributed by atoms with van der Waals surface area (Å²) in [5, 5.41) is 1.14. The molecule has 4 nitrogen and oxygen atoms in total. The molecule has 0 N–H and O–H groups in total. The normalized spacial score (nSPS) is 17.5. The topological polar surface area (TPSA) is 42.4 Å². The van der Waals surface area contributed by atoms with Gasteiger partial charge < -0.3 is 13.7 Å². The Bertz CT molecular complexity index is 1080. The molecule has 0 spiro atoms. The van der Waals surface area contributed by atoms with Gasteiger partial charge in [0.2, 0.25) is 5.89 Å². The largest absolute Gasteiger partial charge is 0.461 e. The van der Waals surface area contributed by atoms with Crippen LogP contribution >= 0.6 is 0 Å². The van der Waals surface area contributed by atoms with Crippen molar-refractivity contribution in [2.45, 2.75) is 32.2 Å². The summed E-state index contributed by atoms with van der Waals surface area (Å²) in [6.07, 6.45) is 5.36. The first-order chi connectivity index (χ1) is 13.8. The zero-order valence-corrected chi connectivity index (χ0v) is 16.1. The zero-order chi connectivity index (χ0) is 18.9. The van der Waals surface area contributed by atoms with Gasteiger partial charge in [0.1, 0.15) is 11.3 Å². The minimum atomic E-state index is 0.635. The molecule has 1 aliphatic rings. The first-order valence-corrected chi connectivity index (χ1v) is 10.0. The summed E-state index contributed by atoms with van der Waals surface area (Å²) in [5.41, 5.74) is 2.86. The van der Waals surface area contributed by atoms with Crippen LogP contribution in [0.25, 0.3) is 33.7 Å². The van der Waals surface area contributed by atoms with Gasteiger partial charge in [-0.05, 0) is 50.6 Å².